The Morgan fingerprint density at radius 2 is 0.830 bits per heavy atom. The summed E-state index contributed by atoms with van der Waals surface area (Å²) in [5.41, 5.74) is 0. The number of rotatable bonds is 36. The van der Waals surface area contributed by atoms with Crippen molar-refractivity contribution in [3.8, 4) is 0 Å². The summed E-state index contributed by atoms with van der Waals surface area (Å²) in [4.78, 5) is 15.1. The smallest absolute Gasteiger partial charge is 0.221 e. The predicted molar refractivity (Wildman–Crippen MR) is 208 cm³/mol. The lowest BCUT2D eigenvalue weighted by atomic mass is 10.0. The molecule has 5 heteroatoms. The Morgan fingerprint density at radius 3 is 1.17 bits per heavy atom. The van der Waals surface area contributed by atoms with Gasteiger partial charge < -0.3 is 5.32 Å². The minimum absolute atomic E-state index is 0.0120. The summed E-state index contributed by atoms with van der Waals surface area (Å²) in [6.07, 6.45) is 44.5. The first kappa shape index (κ1) is 44.4. The fraction of sp³-hybridized carbons (Fsp3) is 0.976. The Kier molecular flexibility index (Phi) is 30.7. The molecule has 0 unspecified atom stereocenters. The largest absolute Gasteiger partial charge is 0.341 e. The molecule has 1 aliphatic rings. The fourth-order valence-electron chi connectivity index (χ4n) is 7.52. The molecule has 1 rings (SSSR count). The molecule has 0 radical (unpaired) electrons. The first-order chi connectivity index (χ1) is 23.1. The number of amides is 1. The van der Waals surface area contributed by atoms with Gasteiger partial charge in [0, 0.05) is 19.5 Å². The van der Waals surface area contributed by atoms with Crippen LogP contribution in [0.4, 0.5) is 0 Å². The molecule has 1 aliphatic heterocycles. The minimum Gasteiger partial charge on any atom is -0.341 e. The van der Waals surface area contributed by atoms with E-state index in [4.69, 9.17) is 0 Å². The van der Waals surface area contributed by atoms with Gasteiger partial charge in [0.05, 0.1) is 6.17 Å². The minimum atomic E-state index is -0.197. The Hall–Kier alpha value is -0.650. The van der Waals surface area contributed by atoms with Gasteiger partial charge in [0.25, 0.3) is 0 Å². The van der Waals surface area contributed by atoms with Crippen molar-refractivity contribution in [3.63, 3.8) is 0 Å². The Balaban J connectivity index is 2.02. The summed E-state index contributed by atoms with van der Waals surface area (Å²) < 4.78 is 0. The summed E-state index contributed by atoms with van der Waals surface area (Å²) in [5.74, 6) is 0.00624. The Labute approximate surface area is 295 Å². The standard InChI is InChI=1S/C42H86N4O/c1-5-7-9-11-13-15-17-19-21-23-25-27-29-31-33-35-37-42(43-38-39-44-42)46(4)40(3)45-41(47)36-34-32-30-28-26-24-22-20-18-16-14-12-10-8-6-2/h40,43-44H,5-39H2,1-4H3,(H,45,47)/t40-/m1/s1. The lowest BCUT2D eigenvalue weighted by Crippen LogP contribution is -2.66. The molecular formula is C42H86N4O. The van der Waals surface area contributed by atoms with E-state index in [-0.39, 0.29) is 17.9 Å². The zero-order chi connectivity index (χ0) is 34.1. The van der Waals surface area contributed by atoms with Crippen LogP contribution in [0.1, 0.15) is 233 Å². The van der Waals surface area contributed by atoms with Crippen LogP contribution in [0, 0.1) is 0 Å². The lowest BCUT2D eigenvalue weighted by Gasteiger charge is -2.42. The van der Waals surface area contributed by atoms with Crippen LogP contribution in [0.3, 0.4) is 0 Å². The van der Waals surface area contributed by atoms with Crippen LogP contribution in [0.25, 0.3) is 0 Å². The summed E-state index contributed by atoms with van der Waals surface area (Å²) in [6.45, 7) is 8.71. The quantitative estimate of drug-likeness (QED) is 0.0461. The third-order valence-corrected chi connectivity index (χ3v) is 10.9. The van der Waals surface area contributed by atoms with E-state index in [1.807, 2.05) is 0 Å². The molecule has 0 bridgehead atoms. The highest BCUT2D eigenvalue weighted by Gasteiger charge is 2.39. The van der Waals surface area contributed by atoms with Gasteiger partial charge in [0.15, 0.2) is 0 Å². The van der Waals surface area contributed by atoms with Crippen LogP contribution in [0.15, 0.2) is 0 Å². The van der Waals surface area contributed by atoms with E-state index in [1.54, 1.807) is 0 Å². The monoisotopic (exact) mass is 663 g/mol. The average Bonchev–Trinajstić information content (AvgIpc) is 3.56. The second kappa shape index (κ2) is 32.5. The van der Waals surface area contributed by atoms with Crippen molar-refractivity contribution in [2.24, 2.45) is 0 Å². The number of nitrogens with one attached hydrogen (secondary N) is 3. The maximum absolute atomic E-state index is 12.7. The van der Waals surface area contributed by atoms with Crippen LogP contribution in [-0.2, 0) is 4.79 Å². The zero-order valence-electron chi connectivity index (χ0n) is 32.7. The molecule has 1 atom stereocenters. The molecule has 1 fully saturated rings. The zero-order valence-corrected chi connectivity index (χ0v) is 32.7. The van der Waals surface area contributed by atoms with Crippen LogP contribution >= 0.6 is 0 Å². The topological polar surface area (TPSA) is 56.4 Å². The molecule has 5 nitrogen and oxygen atoms in total. The Bertz CT molecular complexity index is 665. The molecule has 0 saturated carbocycles. The van der Waals surface area contributed by atoms with Gasteiger partial charge in [-0.15, -0.1) is 0 Å². The SMILES string of the molecule is CCCCCCCCCCCCCCCCCCC1(N(C)[C@H](C)NC(=O)CCCCCCCCCCCCCCCCC)NCCN1. The number of carbonyl (C=O) groups is 1. The highest BCUT2D eigenvalue weighted by molar-refractivity contribution is 5.76. The molecule has 0 aromatic carbocycles. The van der Waals surface area contributed by atoms with Crippen molar-refractivity contribution in [2.75, 3.05) is 20.1 Å². The maximum Gasteiger partial charge on any atom is 0.221 e. The van der Waals surface area contributed by atoms with Gasteiger partial charge in [-0.3, -0.25) is 20.3 Å². The molecule has 0 aromatic heterocycles. The highest BCUT2D eigenvalue weighted by atomic mass is 16.1. The van der Waals surface area contributed by atoms with E-state index in [9.17, 15) is 4.79 Å². The number of hydrogen-bond donors (Lipinski definition) is 3. The van der Waals surface area contributed by atoms with Gasteiger partial charge in [-0.05, 0) is 33.2 Å². The summed E-state index contributed by atoms with van der Waals surface area (Å²) in [5, 5.41) is 10.8. The van der Waals surface area contributed by atoms with Crippen LogP contribution in [-0.4, -0.2) is 42.9 Å². The number of unbranched alkanes of at least 4 members (excludes halogenated alkanes) is 29. The first-order valence-electron chi connectivity index (χ1n) is 21.6. The third kappa shape index (κ3) is 25.0. The van der Waals surface area contributed by atoms with Gasteiger partial charge in [-0.25, -0.2) is 0 Å². The van der Waals surface area contributed by atoms with Crippen LogP contribution < -0.4 is 16.0 Å². The van der Waals surface area contributed by atoms with Crippen LogP contribution in [0.2, 0.25) is 0 Å². The van der Waals surface area contributed by atoms with E-state index in [0.29, 0.717) is 6.42 Å². The van der Waals surface area contributed by atoms with Gasteiger partial charge in [-0.2, -0.15) is 0 Å². The summed E-state index contributed by atoms with van der Waals surface area (Å²) in [6, 6.07) is 0. The van der Waals surface area contributed by atoms with Gasteiger partial charge in [0.1, 0.15) is 5.79 Å². The van der Waals surface area contributed by atoms with E-state index < -0.39 is 0 Å². The van der Waals surface area contributed by atoms with Gasteiger partial charge >= 0.3 is 0 Å². The Morgan fingerprint density at radius 1 is 0.532 bits per heavy atom. The van der Waals surface area contributed by atoms with Gasteiger partial charge in [0.2, 0.25) is 5.91 Å². The molecule has 1 heterocycles. The molecule has 280 valence electrons. The number of nitrogens with zero attached hydrogens (tertiary/aromatic N) is 1. The normalized spacial score (nSPS) is 15.1. The van der Waals surface area contributed by atoms with Crippen molar-refractivity contribution in [1.29, 1.82) is 0 Å². The summed E-state index contributed by atoms with van der Waals surface area (Å²) >= 11 is 0. The van der Waals surface area contributed by atoms with Crippen LogP contribution in [0.5, 0.6) is 0 Å². The fourth-order valence-corrected chi connectivity index (χ4v) is 7.52. The number of carbonyl (C=O) groups excluding carboxylic acids is 1. The van der Waals surface area contributed by atoms with Gasteiger partial charge in [-0.1, -0.05) is 200 Å². The second-order valence-corrected chi connectivity index (χ2v) is 15.3. The van der Waals surface area contributed by atoms with E-state index >= 15 is 0 Å². The van der Waals surface area contributed by atoms with Crippen molar-refractivity contribution < 1.29 is 4.79 Å². The molecule has 0 aromatic rings. The highest BCUT2D eigenvalue weighted by Crippen LogP contribution is 2.22. The second-order valence-electron chi connectivity index (χ2n) is 15.3. The van der Waals surface area contributed by atoms with Crippen molar-refractivity contribution in [1.82, 2.24) is 20.9 Å². The molecule has 1 amide bonds. The number of hydrogen-bond acceptors (Lipinski definition) is 4. The van der Waals surface area contributed by atoms with Crippen molar-refractivity contribution >= 4 is 5.91 Å². The molecule has 47 heavy (non-hydrogen) atoms. The maximum atomic E-state index is 12.7. The van der Waals surface area contributed by atoms with Crippen molar-refractivity contribution in [3.05, 3.63) is 0 Å². The first-order valence-corrected chi connectivity index (χ1v) is 21.6. The van der Waals surface area contributed by atoms with E-state index in [0.717, 1.165) is 25.9 Å². The molecule has 0 spiro atoms. The van der Waals surface area contributed by atoms with E-state index in [2.05, 4.69) is 48.7 Å². The van der Waals surface area contributed by atoms with Crippen molar-refractivity contribution in [2.45, 2.75) is 245 Å². The summed E-state index contributed by atoms with van der Waals surface area (Å²) in [7, 11) is 2.16. The average molecular weight is 663 g/mol. The molecule has 3 N–H and O–H groups in total. The molecule has 1 saturated heterocycles. The molecule has 0 aliphatic carbocycles. The molecular weight excluding hydrogens is 576 g/mol. The van der Waals surface area contributed by atoms with E-state index in [1.165, 1.54) is 193 Å². The lowest BCUT2D eigenvalue weighted by molar-refractivity contribution is -0.124. The third-order valence-electron chi connectivity index (χ3n) is 10.9. The predicted octanol–water partition coefficient (Wildman–Crippen LogP) is 12.1.